The van der Waals surface area contributed by atoms with Gasteiger partial charge < -0.3 is 85.3 Å². The Balaban J connectivity index is 0. The van der Waals surface area contributed by atoms with E-state index in [0.29, 0.717) is 4.90 Å². The van der Waals surface area contributed by atoms with Crippen LogP contribution in [-0.2, 0) is 52.7 Å². The second-order valence-corrected chi connectivity index (χ2v) is 19.2. The molecule has 0 fully saturated rings. The average Bonchev–Trinajstić information content (AvgIpc) is 3.30. The van der Waals surface area contributed by atoms with Crippen LogP contribution in [0.4, 0.5) is 18.0 Å². The molecule has 0 aliphatic heterocycles. The number of aliphatic carboxylic acids is 2. The molecule has 0 bridgehead atoms. The molecule has 0 rings (SSSR count). The van der Waals surface area contributed by atoms with Gasteiger partial charge in [-0.2, -0.15) is 13.2 Å². The van der Waals surface area contributed by atoms with Crippen LogP contribution in [0.25, 0.3) is 0 Å². The van der Waals surface area contributed by atoms with E-state index in [0.717, 1.165) is 6.92 Å². The van der Waals surface area contributed by atoms with Crippen LogP contribution >= 0.6 is 0 Å². The van der Waals surface area contributed by atoms with E-state index in [9.17, 15) is 86.6 Å². The minimum atomic E-state index is -5.08. The van der Waals surface area contributed by atoms with Crippen molar-refractivity contribution in [3.63, 3.8) is 0 Å². The van der Waals surface area contributed by atoms with Crippen LogP contribution in [0.1, 0.15) is 94.9 Å². The van der Waals surface area contributed by atoms with Gasteiger partial charge >= 0.3 is 24.2 Å². The van der Waals surface area contributed by atoms with Gasteiger partial charge in [0.25, 0.3) is 5.91 Å². The highest BCUT2D eigenvalue weighted by atomic mass is 19.4. The predicted molar refractivity (Wildman–Crippen MR) is 262 cm³/mol. The zero-order valence-electron chi connectivity index (χ0n) is 44.4. The van der Waals surface area contributed by atoms with Crippen molar-refractivity contribution in [3.05, 3.63) is 0 Å². The number of hydrogen-bond donors (Lipinski definition) is 15. The van der Waals surface area contributed by atoms with E-state index in [4.69, 9.17) is 43.3 Å². The van der Waals surface area contributed by atoms with Crippen LogP contribution in [0.5, 0.6) is 0 Å². The zero-order chi connectivity index (χ0) is 60.8. The molecule has 1 unspecified atom stereocenters. The fourth-order valence-corrected chi connectivity index (χ4v) is 6.37. The normalized spacial score (nSPS) is 15.8. The molecule has 0 aromatic rings. The monoisotopic (exact) mass is 1120 g/mol. The van der Waals surface area contributed by atoms with Gasteiger partial charge in [0, 0.05) is 6.54 Å². The number of imide groups is 2. The number of guanidine groups is 1. The number of alkyl halides is 3. The van der Waals surface area contributed by atoms with Crippen molar-refractivity contribution in [1.29, 1.82) is 0 Å². The van der Waals surface area contributed by atoms with E-state index < -0.39 is 163 Å². The lowest BCUT2D eigenvalue weighted by atomic mass is 9.96. The largest absolute Gasteiger partial charge is 0.490 e. The van der Waals surface area contributed by atoms with E-state index in [-0.39, 0.29) is 49.0 Å². The molecule has 30 nitrogen and oxygen atoms in total. The molecule has 0 radical (unpaired) electrons. The lowest BCUT2D eigenvalue weighted by molar-refractivity contribution is -0.192. The third kappa shape index (κ3) is 24.8. The Morgan fingerprint density at radius 2 is 1.22 bits per heavy atom. The summed E-state index contributed by atoms with van der Waals surface area (Å²) >= 11 is 0. The number of carboxylic acids is 2. The molecule has 77 heavy (non-hydrogen) atoms. The molecule has 9 amide bonds. The van der Waals surface area contributed by atoms with Crippen molar-refractivity contribution in [2.45, 2.75) is 167 Å². The highest BCUT2D eigenvalue weighted by Gasteiger charge is 2.45. The maximum Gasteiger partial charge on any atom is 0.490 e. The Morgan fingerprint density at radius 3 is 1.62 bits per heavy atom. The summed E-state index contributed by atoms with van der Waals surface area (Å²) < 4.78 is 37.2. The Bertz CT molecular complexity index is 2090. The van der Waals surface area contributed by atoms with Gasteiger partial charge in [-0.15, -0.1) is 0 Å². The Hall–Kier alpha value is -6.81. The number of ether oxygens (including phenoxy) is 1. The van der Waals surface area contributed by atoms with Crippen LogP contribution in [0.2, 0.25) is 0 Å². The maximum absolute atomic E-state index is 14.4. The lowest BCUT2D eigenvalue weighted by Crippen LogP contribution is -2.63. The summed E-state index contributed by atoms with van der Waals surface area (Å²) in [5.74, 6) is -16.9. The standard InChI is InChI=1S/C42H76N12O16.C2HF3O2/c1-11-20(6)28(36(64)52-29(21(7)56)35(63)49-16-25(57)53(24(17-55)39(67)68)37(65)27(44)31(59)32(45)60)51-33(61)22(13-12-14-48-40(46)47)50-34(62)23(15-18(2)3)54(41(69)70-42(8,9)10)38(66)26(43)30(58)19(4)5;3-2(4,5)1(6)7/h18-24,26-31,55-56,58-59H,11-17,43-44H2,1-10H3,(H2,45,60)(H,49,63)(H,50,62)(H,51,61)(H,52,64)(H,67,68)(H4,46,47,48);(H,6,7)/t20?,21-,22+,23-,24-,26-,27-,28-,29-,30+,31-;/m0./s1. The van der Waals surface area contributed by atoms with E-state index in [1.807, 2.05) is 5.32 Å². The molecule has 0 heterocycles. The number of nitrogens with two attached hydrogens (primary N) is 5. The zero-order valence-corrected chi connectivity index (χ0v) is 44.4. The number of amides is 9. The molecule has 0 saturated heterocycles. The molecule has 0 aromatic carbocycles. The number of nitrogens with zero attached hydrogens (tertiary/aromatic N) is 3. The molecule has 0 saturated carbocycles. The lowest BCUT2D eigenvalue weighted by Gasteiger charge is -2.35. The van der Waals surface area contributed by atoms with Crippen LogP contribution < -0.4 is 49.9 Å². The molecule has 0 aliphatic carbocycles. The first-order valence-electron chi connectivity index (χ1n) is 23.8. The van der Waals surface area contributed by atoms with Crippen molar-refractivity contribution < 1.29 is 101 Å². The summed E-state index contributed by atoms with van der Waals surface area (Å²) in [6.45, 7) is 12.7. The van der Waals surface area contributed by atoms with Crippen molar-refractivity contribution in [1.82, 2.24) is 31.1 Å². The molecule has 0 spiro atoms. The number of carboxylic acid groups (broad SMARTS) is 2. The fourth-order valence-electron chi connectivity index (χ4n) is 6.37. The van der Waals surface area contributed by atoms with E-state index >= 15 is 0 Å². The average molecular weight is 1120 g/mol. The van der Waals surface area contributed by atoms with Crippen LogP contribution in [0, 0.1) is 17.8 Å². The van der Waals surface area contributed by atoms with Crippen LogP contribution in [0.3, 0.4) is 0 Å². The third-order valence-electron chi connectivity index (χ3n) is 10.8. The number of nitrogens with one attached hydrogen (secondary N) is 4. The van der Waals surface area contributed by atoms with Gasteiger partial charge in [0.1, 0.15) is 41.9 Å². The minimum Gasteiger partial charge on any atom is -0.480 e. The molecule has 11 atom stereocenters. The number of rotatable bonds is 28. The van der Waals surface area contributed by atoms with Crippen molar-refractivity contribution in [2.24, 2.45) is 51.4 Å². The Kier molecular flexibility index (Phi) is 30.7. The number of aliphatic hydroxyl groups excluding tert-OH is 4. The third-order valence-corrected chi connectivity index (χ3v) is 10.8. The molecule has 442 valence electrons. The number of hydrogen-bond acceptors (Lipinski definition) is 19. The molecule has 0 aromatic heterocycles. The van der Waals surface area contributed by atoms with Gasteiger partial charge in [-0.05, 0) is 64.7 Å². The van der Waals surface area contributed by atoms with Gasteiger partial charge in [-0.1, -0.05) is 48.0 Å². The highest BCUT2D eigenvalue weighted by molar-refractivity contribution is 6.05. The molecular weight excluding hydrogens is 1040 g/mol. The van der Waals surface area contributed by atoms with Crippen LogP contribution in [-0.4, -0.2) is 204 Å². The number of aliphatic imine (C=N–C) groups is 1. The predicted octanol–water partition coefficient (Wildman–Crippen LogP) is -4.83. The number of primary amides is 1. The topological polar surface area (TPSA) is 515 Å². The molecule has 33 heteroatoms. The van der Waals surface area contributed by atoms with Gasteiger partial charge in [0.15, 0.2) is 18.1 Å². The summed E-state index contributed by atoms with van der Waals surface area (Å²) in [5.41, 5.74) is 26.4. The van der Waals surface area contributed by atoms with Crippen LogP contribution in [0.15, 0.2) is 4.99 Å². The fraction of sp³-hybridized carbons (Fsp3) is 0.727. The highest BCUT2D eigenvalue weighted by Crippen LogP contribution is 2.21. The van der Waals surface area contributed by atoms with E-state index in [2.05, 4.69) is 20.9 Å². The Labute approximate surface area is 441 Å². The molecule has 0 aliphatic rings. The van der Waals surface area contributed by atoms with Gasteiger partial charge in [-0.3, -0.25) is 48.2 Å². The van der Waals surface area contributed by atoms with E-state index in [1.165, 1.54) is 27.7 Å². The second-order valence-electron chi connectivity index (χ2n) is 19.2. The summed E-state index contributed by atoms with van der Waals surface area (Å²) in [6, 6.07) is -13.0. The first kappa shape index (κ1) is 72.3. The summed E-state index contributed by atoms with van der Waals surface area (Å²) in [5, 5.41) is 67.0. The number of halogens is 3. The first-order valence-corrected chi connectivity index (χ1v) is 23.8. The van der Waals surface area contributed by atoms with Gasteiger partial charge in [-0.25, -0.2) is 19.3 Å². The van der Waals surface area contributed by atoms with Gasteiger partial charge in [0.2, 0.25) is 41.4 Å². The van der Waals surface area contributed by atoms with Crippen molar-refractivity contribution >= 4 is 71.2 Å². The minimum absolute atomic E-state index is 0.0423. The molecular formula is C44H77F3N12O18. The van der Waals surface area contributed by atoms with Crippen molar-refractivity contribution in [3.8, 4) is 0 Å². The number of aliphatic hydroxyl groups is 4. The maximum atomic E-state index is 14.4. The van der Waals surface area contributed by atoms with Crippen molar-refractivity contribution in [2.75, 3.05) is 19.7 Å². The first-order chi connectivity index (χ1) is 35.1. The second kappa shape index (κ2) is 32.7. The number of carbonyl (C=O) groups is 11. The SMILES string of the molecule is CCC(C)[C@H](NC(=O)[C@@H](CCCN=C(N)N)NC(=O)[C@H](CC(C)C)N(C(=O)OC(C)(C)C)C(=O)[C@@H](N)[C@H](O)C(C)C)C(=O)N[C@H](C(=O)NCC(=O)N(C(=O)[C@@H](N)[C@H](O)C(N)=O)[C@@H](CO)C(=O)O)[C@H](C)O.O=C(O)C(F)(F)F. The number of carbonyl (C=O) groups excluding carboxylic acids is 9. The smallest absolute Gasteiger partial charge is 0.480 e. The molecule has 20 N–H and O–H groups in total. The summed E-state index contributed by atoms with van der Waals surface area (Å²) in [6.07, 6.45) is -12.1. The van der Waals surface area contributed by atoms with Gasteiger partial charge in [0.05, 0.1) is 25.4 Å². The quantitative estimate of drug-likeness (QED) is 0.0198. The Morgan fingerprint density at radius 1 is 0.714 bits per heavy atom. The summed E-state index contributed by atoms with van der Waals surface area (Å²) in [4.78, 5) is 147. The summed E-state index contributed by atoms with van der Waals surface area (Å²) in [7, 11) is 0. The van der Waals surface area contributed by atoms with E-state index in [1.54, 1.807) is 34.6 Å².